The summed E-state index contributed by atoms with van der Waals surface area (Å²) < 4.78 is 19.1. The third kappa shape index (κ3) is 3.47. The van der Waals surface area contributed by atoms with Crippen molar-refractivity contribution in [3.63, 3.8) is 0 Å². The summed E-state index contributed by atoms with van der Waals surface area (Å²) in [5.74, 6) is 0.613. The van der Waals surface area contributed by atoms with Crippen LogP contribution in [-0.2, 0) is 0 Å². The van der Waals surface area contributed by atoms with E-state index in [0.29, 0.717) is 10.8 Å². The molecule has 0 radical (unpaired) electrons. The van der Waals surface area contributed by atoms with Gasteiger partial charge < -0.3 is 15.1 Å². The Bertz CT molecular complexity index is 953. The van der Waals surface area contributed by atoms with Crippen molar-refractivity contribution < 1.29 is 4.39 Å². The fourth-order valence-electron chi connectivity index (χ4n) is 3.00. The van der Waals surface area contributed by atoms with Crippen molar-refractivity contribution in [2.75, 3.05) is 36.4 Å². The van der Waals surface area contributed by atoms with E-state index >= 15 is 0 Å². The van der Waals surface area contributed by atoms with E-state index in [9.17, 15) is 4.39 Å². The van der Waals surface area contributed by atoms with Crippen LogP contribution < -0.4 is 10.2 Å². The molecular weight excluding hydrogens is 391 g/mol. The lowest BCUT2D eigenvalue weighted by molar-refractivity contribution is 0.390. The standard InChI is InChI=1S/C18H16ClFN4S2/c19-14-11-12(5-6-15(14)20)21-18(25)24-9-7-23(8-10-24)17-13-3-1-2-4-16(13)26-22-17/h1-6,11H,7-10H2,(H,21,25). The van der Waals surface area contributed by atoms with Crippen LogP contribution in [0.5, 0.6) is 0 Å². The summed E-state index contributed by atoms with van der Waals surface area (Å²) >= 11 is 12.8. The highest BCUT2D eigenvalue weighted by Crippen LogP contribution is 2.30. The fourth-order valence-corrected chi connectivity index (χ4v) is 4.28. The van der Waals surface area contributed by atoms with Gasteiger partial charge in [0.2, 0.25) is 0 Å². The quantitative estimate of drug-likeness (QED) is 0.628. The predicted octanol–water partition coefficient (Wildman–Crippen LogP) is 4.61. The molecule has 0 atom stereocenters. The first-order valence-corrected chi connectivity index (χ1v) is 9.78. The molecule has 0 aliphatic carbocycles. The maximum absolute atomic E-state index is 13.3. The highest BCUT2D eigenvalue weighted by molar-refractivity contribution is 7.80. The van der Waals surface area contributed by atoms with E-state index in [4.69, 9.17) is 23.8 Å². The van der Waals surface area contributed by atoms with Crippen LogP contribution in [0.3, 0.4) is 0 Å². The normalized spacial score (nSPS) is 14.7. The van der Waals surface area contributed by atoms with Gasteiger partial charge in [0.05, 0.1) is 9.72 Å². The van der Waals surface area contributed by atoms with E-state index in [-0.39, 0.29) is 5.02 Å². The number of rotatable bonds is 2. The molecule has 1 aromatic heterocycles. The van der Waals surface area contributed by atoms with Crippen LogP contribution in [0.15, 0.2) is 42.5 Å². The number of thiocarbonyl (C=S) groups is 1. The van der Waals surface area contributed by atoms with Gasteiger partial charge in [-0.2, -0.15) is 4.37 Å². The number of hydrogen-bond acceptors (Lipinski definition) is 4. The molecule has 4 rings (SSSR count). The number of hydrogen-bond donors (Lipinski definition) is 1. The SMILES string of the molecule is Fc1ccc(NC(=S)N2CCN(c3nsc4ccccc34)CC2)cc1Cl. The summed E-state index contributed by atoms with van der Waals surface area (Å²) in [6.07, 6.45) is 0. The zero-order valence-electron chi connectivity index (χ0n) is 13.8. The number of nitrogens with one attached hydrogen (secondary N) is 1. The van der Waals surface area contributed by atoms with Gasteiger partial charge in [-0.1, -0.05) is 23.7 Å². The molecule has 1 N–H and O–H groups in total. The van der Waals surface area contributed by atoms with Crippen molar-refractivity contribution in [3.8, 4) is 0 Å². The van der Waals surface area contributed by atoms with E-state index in [2.05, 4.69) is 31.6 Å². The lowest BCUT2D eigenvalue weighted by Gasteiger charge is -2.36. The number of benzene rings is 2. The minimum atomic E-state index is -0.438. The van der Waals surface area contributed by atoms with Gasteiger partial charge in [-0.3, -0.25) is 0 Å². The number of fused-ring (bicyclic) bond motifs is 1. The van der Waals surface area contributed by atoms with Gasteiger partial charge in [-0.15, -0.1) is 0 Å². The molecule has 0 amide bonds. The molecule has 1 fully saturated rings. The van der Waals surface area contributed by atoms with E-state index in [0.717, 1.165) is 32.0 Å². The summed E-state index contributed by atoms with van der Waals surface area (Å²) in [6.45, 7) is 3.29. The van der Waals surface area contributed by atoms with Crippen LogP contribution in [0.25, 0.3) is 10.1 Å². The van der Waals surface area contributed by atoms with Crippen molar-refractivity contribution in [2.24, 2.45) is 0 Å². The second-order valence-electron chi connectivity index (χ2n) is 6.04. The summed E-state index contributed by atoms with van der Waals surface area (Å²) in [5, 5.41) is 5.04. The second kappa shape index (κ2) is 7.34. The van der Waals surface area contributed by atoms with Gasteiger partial charge in [0.15, 0.2) is 5.11 Å². The first kappa shape index (κ1) is 17.5. The van der Waals surface area contributed by atoms with Crippen molar-refractivity contribution in [2.45, 2.75) is 0 Å². The molecule has 2 aromatic carbocycles. The van der Waals surface area contributed by atoms with Gasteiger partial charge in [-0.05, 0) is 54.1 Å². The van der Waals surface area contributed by atoms with Gasteiger partial charge >= 0.3 is 0 Å². The zero-order valence-corrected chi connectivity index (χ0v) is 16.2. The number of anilines is 2. The van der Waals surface area contributed by atoms with Crippen LogP contribution in [0.2, 0.25) is 5.02 Å². The molecule has 0 bridgehead atoms. The highest BCUT2D eigenvalue weighted by Gasteiger charge is 2.22. The highest BCUT2D eigenvalue weighted by atomic mass is 35.5. The smallest absolute Gasteiger partial charge is 0.173 e. The summed E-state index contributed by atoms with van der Waals surface area (Å²) in [5.41, 5.74) is 0.689. The van der Waals surface area contributed by atoms with Crippen LogP contribution in [0.4, 0.5) is 15.9 Å². The van der Waals surface area contributed by atoms with Crippen molar-refractivity contribution in [1.82, 2.24) is 9.27 Å². The van der Waals surface area contributed by atoms with Crippen LogP contribution >= 0.6 is 35.4 Å². The second-order valence-corrected chi connectivity index (χ2v) is 7.63. The molecule has 0 unspecified atom stereocenters. The Hall–Kier alpha value is -1.96. The first-order chi connectivity index (χ1) is 12.6. The topological polar surface area (TPSA) is 31.4 Å². The molecule has 2 heterocycles. The van der Waals surface area contributed by atoms with E-state index in [1.165, 1.54) is 27.7 Å². The Kier molecular flexibility index (Phi) is 4.93. The van der Waals surface area contributed by atoms with Gasteiger partial charge in [0.25, 0.3) is 0 Å². The maximum atomic E-state index is 13.3. The van der Waals surface area contributed by atoms with E-state index in [1.54, 1.807) is 12.1 Å². The number of aromatic nitrogens is 1. The molecular formula is C18H16ClFN4S2. The number of piperazine rings is 1. The third-order valence-corrected chi connectivity index (χ3v) is 5.86. The van der Waals surface area contributed by atoms with Gasteiger partial charge in [0.1, 0.15) is 11.6 Å². The van der Waals surface area contributed by atoms with Crippen molar-refractivity contribution in [3.05, 3.63) is 53.3 Å². The molecule has 8 heteroatoms. The Labute approximate surface area is 165 Å². The van der Waals surface area contributed by atoms with E-state index in [1.807, 2.05) is 12.1 Å². The number of halogens is 2. The molecule has 0 saturated carbocycles. The molecule has 1 aliphatic rings. The van der Waals surface area contributed by atoms with Crippen LogP contribution in [0.1, 0.15) is 0 Å². The molecule has 26 heavy (non-hydrogen) atoms. The van der Waals surface area contributed by atoms with Crippen LogP contribution in [0, 0.1) is 5.82 Å². The molecule has 0 spiro atoms. The first-order valence-electron chi connectivity index (χ1n) is 8.22. The largest absolute Gasteiger partial charge is 0.352 e. The molecule has 134 valence electrons. The Morgan fingerprint density at radius 1 is 1.15 bits per heavy atom. The van der Waals surface area contributed by atoms with Crippen molar-refractivity contribution in [1.29, 1.82) is 0 Å². The molecule has 1 saturated heterocycles. The summed E-state index contributed by atoms with van der Waals surface area (Å²) in [6, 6.07) is 12.8. The molecule has 1 aliphatic heterocycles. The third-order valence-electron chi connectivity index (χ3n) is 4.40. The predicted molar refractivity (Wildman–Crippen MR) is 111 cm³/mol. The monoisotopic (exact) mass is 406 g/mol. The number of nitrogens with zero attached hydrogens (tertiary/aromatic N) is 3. The van der Waals surface area contributed by atoms with Gasteiger partial charge in [-0.25, -0.2) is 4.39 Å². The minimum Gasteiger partial charge on any atom is -0.352 e. The summed E-state index contributed by atoms with van der Waals surface area (Å²) in [7, 11) is 0. The lowest BCUT2D eigenvalue weighted by atomic mass is 10.2. The molecule has 3 aromatic rings. The van der Waals surface area contributed by atoms with Crippen LogP contribution in [-0.4, -0.2) is 40.6 Å². The zero-order chi connectivity index (χ0) is 18.1. The van der Waals surface area contributed by atoms with Crippen molar-refractivity contribution >= 4 is 62.1 Å². The fraction of sp³-hybridized carbons (Fsp3) is 0.222. The maximum Gasteiger partial charge on any atom is 0.173 e. The Balaban J connectivity index is 1.40. The lowest BCUT2D eigenvalue weighted by Crippen LogP contribution is -2.50. The molecule has 4 nitrogen and oxygen atoms in total. The minimum absolute atomic E-state index is 0.0815. The van der Waals surface area contributed by atoms with E-state index < -0.39 is 5.82 Å². The Morgan fingerprint density at radius 3 is 2.69 bits per heavy atom. The summed E-state index contributed by atoms with van der Waals surface area (Å²) in [4.78, 5) is 4.41. The van der Waals surface area contributed by atoms with Gasteiger partial charge in [0, 0.05) is 37.3 Å². The average Bonchev–Trinajstić information content (AvgIpc) is 3.09. The Morgan fingerprint density at radius 2 is 1.92 bits per heavy atom. The average molecular weight is 407 g/mol.